The minimum Gasteiger partial charge on any atom is -0.309 e. The van der Waals surface area contributed by atoms with Crippen molar-refractivity contribution in [1.82, 2.24) is 5.32 Å². The topological polar surface area (TPSA) is 12.0 Å². The van der Waals surface area contributed by atoms with E-state index in [2.05, 4.69) is 47.6 Å². The van der Waals surface area contributed by atoms with Crippen LogP contribution < -0.4 is 5.32 Å². The highest BCUT2D eigenvalue weighted by Crippen LogP contribution is 2.39. The average Bonchev–Trinajstić information content (AvgIpc) is 2.54. The first kappa shape index (κ1) is 14.5. The fourth-order valence-electron chi connectivity index (χ4n) is 3.92. The Morgan fingerprint density at radius 2 is 1.95 bits per heavy atom. The van der Waals surface area contributed by atoms with Gasteiger partial charge in [0.15, 0.2) is 0 Å². The third-order valence-electron chi connectivity index (χ3n) is 5.24. The zero-order valence-corrected chi connectivity index (χ0v) is 13.5. The Morgan fingerprint density at radius 1 is 1.15 bits per heavy atom. The molecule has 1 fully saturated rings. The zero-order chi connectivity index (χ0) is 13.8. The number of aryl methyl sites for hydroxylation is 1. The molecule has 0 radical (unpaired) electrons. The molecule has 20 heavy (non-hydrogen) atoms. The second kappa shape index (κ2) is 6.53. The van der Waals surface area contributed by atoms with Crippen LogP contribution in [0.5, 0.6) is 0 Å². The summed E-state index contributed by atoms with van der Waals surface area (Å²) in [7, 11) is 0. The van der Waals surface area contributed by atoms with E-state index in [0.29, 0.717) is 10.8 Å². The van der Waals surface area contributed by atoms with Crippen molar-refractivity contribution in [3.05, 3.63) is 35.4 Å². The number of rotatable bonds is 4. The summed E-state index contributed by atoms with van der Waals surface area (Å²) in [6.45, 7) is 1.19. The van der Waals surface area contributed by atoms with Gasteiger partial charge in [0.2, 0.25) is 0 Å². The second-order valence-electron chi connectivity index (χ2n) is 6.47. The van der Waals surface area contributed by atoms with E-state index in [1.165, 1.54) is 57.9 Å². The van der Waals surface area contributed by atoms with E-state index >= 15 is 0 Å². The van der Waals surface area contributed by atoms with E-state index in [0.717, 1.165) is 0 Å². The van der Waals surface area contributed by atoms with E-state index < -0.39 is 0 Å². The molecule has 0 aromatic heterocycles. The van der Waals surface area contributed by atoms with E-state index in [1.807, 2.05) is 0 Å². The molecule has 0 aliphatic heterocycles. The van der Waals surface area contributed by atoms with Crippen LogP contribution in [0.15, 0.2) is 24.3 Å². The van der Waals surface area contributed by atoms with Gasteiger partial charge in [-0.1, -0.05) is 43.5 Å². The molecule has 1 saturated carbocycles. The average molecular weight is 289 g/mol. The first-order valence-corrected chi connectivity index (χ1v) is 9.42. The van der Waals surface area contributed by atoms with Gasteiger partial charge in [-0.2, -0.15) is 11.8 Å². The molecule has 0 spiro atoms. The Kier molecular flexibility index (Phi) is 4.72. The van der Waals surface area contributed by atoms with Gasteiger partial charge in [-0.25, -0.2) is 0 Å². The third-order valence-corrected chi connectivity index (χ3v) is 6.66. The van der Waals surface area contributed by atoms with E-state index in [1.54, 1.807) is 11.1 Å². The maximum atomic E-state index is 3.92. The van der Waals surface area contributed by atoms with Crippen molar-refractivity contribution in [1.29, 1.82) is 0 Å². The molecule has 1 unspecified atom stereocenters. The van der Waals surface area contributed by atoms with Crippen LogP contribution in [0, 0.1) is 0 Å². The molecule has 3 rings (SSSR count). The van der Waals surface area contributed by atoms with Gasteiger partial charge in [0.25, 0.3) is 0 Å². The van der Waals surface area contributed by atoms with Crippen LogP contribution in [-0.2, 0) is 6.42 Å². The largest absolute Gasteiger partial charge is 0.309 e. The normalized spacial score (nSPS) is 25.1. The summed E-state index contributed by atoms with van der Waals surface area (Å²) in [5.74, 6) is 0. The summed E-state index contributed by atoms with van der Waals surface area (Å²) in [5.41, 5.74) is 3.13. The Morgan fingerprint density at radius 3 is 2.75 bits per heavy atom. The molecule has 2 aliphatic rings. The van der Waals surface area contributed by atoms with Crippen LogP contribution >= 0.6 is 11.8 Å². The predicted molar refractivity (Wildman–Crippen MR) is 89.5 cm³/mol. The molecule has 1 atom stereocenters. The number of fused-ring (bicyclic) bond motifs is 1. The van der Waals surface area contributed by atoms with Crippen molar-refractivity contribution in [2.75, 3.05) is 12.8 Å². The van der Waals surface area contributed by atoms with E-state index in [-0.39, 0.29) is 0 Å². The summed E-state index contributed by atoms with van der Waals surface area (Å²) >= 11 is 2.10. The summed E-state index contributed by atoms with van der Waals surface area (Å²) < 4.78 is 0.505. The minimum absolute atomic E-state index is 0.505. The van der Waals surface area contributed by atoms with Gasteiger partial charge < -0.3 is 5.32 Å². The molecule has 1 N–H and O–H groups in total. The summed E-state index contributed by atoms with van der Waals surface area (Å²) in [5, 5.41) is 3.92. The summed E-state index contributed by atoms with van der Waals surface area (Å²) in [6.07, 6.45) is 13.3. The third kappa shape index (κ3) is 3.07. The van der Waals surface area contributed by atoms with Gasteiger partial charge in [0, 0.05) is 17.3 Å². The monoisotopic (exact) mass is 289 g/mol. The van der Waals surface area contributed by atoms with Crippen molar-refractivity contribution in [3.63, 3.8) is 0 Å². The van der Waals surface area contributed by atoms with Crippen molar-refractivity contribution in [2.45, 2.75) is 62.2 Å². The Hall–Kier alpha value is -0.470. The maximum Gasteiger partial charge on any atom is 0.0323 e. The Balaban J connectivity index is 1.66. The Bertz CT molecular complexity index is 437. The number of nitrogens with one attached hydrogen (secondary N) is 1. The van der Waals surface area contributed by atoms with Gasteiger partial charge in [-0.15, -0.1) is 0 Å². The van der Waals surface area contributed by atoms with E-state index in [4.69, 9.17) is 0 Å². The van der Waals surface area contributed by atoms with Crippen molar-refractivity contribution < 1.29 is 0 Å². The summed E-state index contributed by atoms with van der Waals surface area (Å²) in [6, 6.07) is 9.62. The van der Waals surface area contributed by atoms with Crippen LogP contribution in [-0.4, -0.2) is 17.5 Å². The number of benzene rings is 1. The molecule has 0 heterocycles. The summed E-state index contributed by atoms with van der Waals surface area (Å²) in [4.78, 5) is 0. The van der Waals surface area contributed by atoms with Crippen LogP contribution in [0.1, 0.15) is 62.1 Å². The van der Waals surface area contributed by atoms with Gasteiger partial charge in [-0.3, -0.25) is 0 Å². The molecule has 1 aromatic carbocycles. The quantitative estimate of drug-likeness (QED) is 0.861. The highest BCUT2D eigenvalue weighted by Gasteiger charge is 2.32. The lowest BCUT2D eigenvalue weighted by Crippen LogP contribution is -2.41. The highest BCUT2D eigenvalue weighted by atomic mass is 32.2. The number of hydrogen-bond acceptors (Lipinski definition) is 2. The lowest BCUT2D eigenvalue weighted by Gasteiger charge is -2.38. The highest BCUT2D eigenvalue weighted by molar-refractivity contribution is 8.00. The van der Waals surface area contributed by atoms with Crippen molar-refractivity contribution in [2.24, 2.45) is 0 Å². The van der Waals surface area contributed by atoms with Gasteiger partial charge in [0.05, 0.1) is 0 Å². The second-order valence-corrected chi connectivity index (χ2v) is 7.75. The first-order valence-electron chi connectivity index (χ1n) is 8.19. The van der Waals surface area contributed by atoms with E-state index in [9.17, 15) is 0 Å². The molecule has 110 valence electrons. The van der Waals surface area contributed by atoms with Crippen LogP contribution in [0.4, 0.5) is 0 Å². The zero-order valence-electron chi connectivity index (χ0n) is 12.7. The Labute approximate surface area is 127 Å². The van der Waals surface area contributed by atoms with Crippen LogP contribution in [0.2, 0.25) is 0 Å². The molecule has 0 amide bonds. The SMILES string of the molecule is CSC1(CNC2CCCc3ccccc32)CCCCC1. The lowest BCUT2D eigenvalue weighted by molar-refractivity contribution is 0.351. The fourth-order valence-corrected chi connectivity index (χ4v) is 4.85. The maximum absolute atomic E-state index is 3.92. The number of thioether (sulfide) groups is 1. The molecular formula is C18H27NS. The molecule has 2 heteroatoms. The van der Waals surface area contributed by atoms with Crippen LogP contribution in [0.3, 0.4) is 0 Å². The fraction of sp³-hybridized carbons (Fsp3) is 0.667. The van der Waals surface area contributed by atoms with Crippen molar-refractivity contribution >= 4 is 11.8 Å². The standard InChI is InChI=1S/C18H27NS/c1-20-18(12-5-2-6-13-18)14-19-17-11-7-9-15-8-3-4-10-16(15)17/h3-4,8,10,17,19H,2,5-7,9,11-14H2,1H3. The number of hydrogen-bond donors (Lipinski definition) is 1. The van der Waals surface area contributed by atoms with Crippen molar-refractivity contribution in [3.8, 4) is 0 Å². The molecule has 2 aliphatic carbocycles. The smallest absolute Gasteiger partial charge is 0.0323 e. The molecule has 1 nitrogen and oxygen atoms in total. The van der Waals surface area contributed by atoms with Gasteiger partial charge >= 0.3 is 0 Å². The van der Waals surface area contributed by atoms with Gasteiger partial charge in [-0.05, 0) is 49.5 Å². The lowest BCUT2D eigenvalue weighted by atomic mass is 9.85. The predicted octanol–water partition coefficient (Wildman–Crippen LogP) is 4.72. The minimum atomic E-state index is 0.505. The van der Waals surface area contributed by atoms with Crippen LogP contribution in [0.25, 0.3) is 0 Å². The molecular weight excluding hydrogens is 262 g/mol. The first-order chi connectivity index (χ1) is 9.83. The molecule has 1 aromatic rings. The molecule has 0 saturated heterocycles. The van der Waals surface area contributed by atoms with Gasteiger partial charge in [0.1, 0.15) is 0 Å². The molecule has 0 bridgehead atoms.